The quantitative estimate of drug-likeness (QED) is 0.642. The summed E-state index contributed by atoms with van der Waals surface area (Å²) in [7, 11) is 0. The minimum absolute atomic E-state index is 0.271. The highest BCUT2D eigenvalue weighted by molar-refractivity contribution is 8.00. The second kappa shape index (κ2) is 7.84. The third kappa shape index (κ3) is 5.34. The zero-order valence-electron chi connectivity index (χ0n) is 11.4. The molecule has 0 spiro atoms. The van der Waals surface area contributed by atoms with Crippen LogP contribution in [0.4, 0.5) is 0 Å². The fourth-order valence-electron chi connectivity index (χ4n) is 1.39. The summed E-state index contributed by atoms with van der Waals surface area (Å²) in [5.41, 5.74) is 0. The van der Waals surface area contributed by atoms with Gasteiger partial charge in [0.25, 0.3) is 5.91 Å². The number of carbonyl (C=O) groups is 2. The van der Waals surface area contributed by atoms with Gasteiger partial charge in [0.1, 0.15) is 5.25 Å². The largest absolute Gasteiger partial charge is 0.452 e. The van der Waals surface area contributed by atoms with Gasteiger partial charge >= 0.3 is 5.97 Å². The van der Waals surface area contributed by atoms with Gasteiger partial charge in [-0.2, -0.15) is 0 Å². The van der Waals surface area contributed by atoms with E-state index in [1.54, 1.807) is 13.8 Å². The monoisotopic (exact) mass is 281 g/mol. The second-order valence-electron chi connectivity index (χ2n) is 4.05. The van der Waals surface area contributed by atoms with Crippen molar-refractivity contribution < 1.29 is 14.3 Å². The Morgan fingerprint density at radius 3 is 2.47 bits per heavy atom. The molecule has 5 heteroatoms. The Bertz CT molecular complexity index is 422. The first-order valence-corrected chi connectivity index (χ1v) is 7.12. The maximum absolute atomic E-state index is 11.8. The Hall–Kier alpha value is -1.49. The fourth-order valence-corrected chi connectivity index (χ4v) is 2.27. The van der Waals surface area contributed by atoms with E-state index in [1.807, 2.05) is 37.3 Å². The van der Waals surface area contributed by atoms with Gasteiger partial charge in [0.05, 0.1) is 0 Å². The van der Waals surface area contributed by atoms with Crippen LogP contribution in [0.15, 0.2) is 35.2 Å². The summed E-state index contributed by atoms with van der Waals surface area (Å²) in [5.74, 6) is -0.652. The van der Waals surface area contributed by atoms with Crippen LogP contribution in [0.2, 0.25) is 0 Å². The Balaban J connectivity index is 2.47. The summed E-state index contributed by atoms with van der Waals surface area (Å²) in [6.45, 7) is 5.68. The summed E-state index contributed by atoms with van der Waals surface area (Å²) in [6.07, 6.45) is -0.758. The maximum atomic E-state index is 11.8. The average molecular weight is 281 g/mol. The van der Waals surface area contributed by atoms with Crippen molar-refractivity contribution >= 4 is 23.6 Å². The number of amides is 1. The topological polar surface area (TPSA) is 55.4 Å². The Kier molecular flexibility index (Phi) is 6.42. The molecule has 0 fully saturated rings. The molecule has 1 amide bonds. The van der Waals surface area contributed by atoms with Crippen molar-refractivity contribution in [2.24, 2.45) is 0 Å². The molecular formula is C14H19NO3S. The molecule has 1 aromatic carbocycles. The first kappa shape index (κ1) is 15.6. The zero-order chi connectivity index (χ0) is 14.3. The van der Waals surface area contributed by atoms with Crippen molar-refractivity contribution in [1.82, 2.24) is 5.32 Å². The van der Waals surface area contributed by atoms with Crippen molar-refractivity contribution in [2.45, 2.75) is 37.0 Å². The molecule has 4 nitrogen and oxygen atoms in total. The summed E-state index contributed by atoms with van der Waals surface area (Å²) in [5, 5.41) is 2.27. The summed E-state index contributed by atoms with van der Waals surface area (Å²) in [4.78, 5) is 24.3. The number of nitrogens with one attached hydrogen (secondary N) is 1. The lowest BCUT2D eigenvalue weighted by atomic mass is 10.3. The van der Waals surface area contributed by atoms with Gasteiger partial charge in [-0.1, -0.05) is 18.2 Å². The third-order valence-corrected chi connectivity index (χ3v) is 3.49. The van der Waals surface area contributed by atoms with Crippen molar-refractivity contribution in [1.29, 1.82) is 0 Å². The molecule has 0 saturated heterocycles. The van der Waals surface area contributed by atoms with Crippen LogP contribution in [0.1, 0.15) is 20.8 Å². The molecule has 0 bridgehead atoms. The smallest absolute Gasteiger partial charge is 0.319 e. The van der Waals surface area contributed by atoms with E-state index in [1.165, 1.54) is 11.8 Å². The summed E-state index contributed by atoms with van der Waals surface area (Å²) in [6, 6.07) is 9.61. The number of hydrogen-bond acceptors (Lipinski definition) is 4. The molecule has 2 atom stereocenters. The third-order valence-electron chi connectivity index (χ3n) is 2.40. The molecule has 0 aromatic heterocycles. The molecule has 0 radical (unpaired) electrons. The second-order valence-corrected chi connectivity index (χ2v) is 5.46. The molecule has 0 unspecified atom stereocenters. The first-order valence-electron chi connectivity index (χ1n) is 6.24. The number of rotatable bonds is 6. The SMILES string of the molecule is CCNC(=O)[C@@H](C)OC(=O)[C@@H](C)Sc1ccccc1. The van der Waals surface area contributed by atoms with Gasteiger partial charge in [0.2, 0.25) is 0 Å². The van der Waals surface area contributed by atoms with Crippen LogP contribution >= 0.6 is 11.8 Å². The van der Waals surface area contributed by atoms with E-state index in [-0.39, 0.29) is 17.1 Å². The van der Waals surface area contributed by atoms with Crippen LogP contribution in [0, 0.1) is 0 Å². The lowest BCUT2D eigenvalue weighted by molar-refractivity contribution is -0.153. The number of esters is 1. The van der Waals surface area contributed by atoms with E-state index in [4.69, 9.17) is 4.74 Å². The van der Waals surface area contributed by atoms with E-state index in [2.05, 4.69) is 5.32 Å². The van der Waals surface area contributed by atoms with Crippen molar-refractivity contribution in [3.05, 3.63) is 30.3 Å². The number of hydrogen-bond donors (Lipinski definition) is 1. The molecule has 0 heterocycles. The molecule has 0 aliphatic rings. The van der Waals surface area contributed by atoms with Crippen LogP contribution in [-0.4, -0.2) is 29.8 Å². The minimum Gasteiger partial charge on any atom is -0.452 e. The van der Waals surface area contributed by atoms with Crippen LogP contribution in [0.25, 0.3) is 0 Å². The van der Waals surface area contributed by atoms with Crippen molar-refractivity contribution in [2.75, 3.05) is 6.54 Å². The lowest BCUT2D eigenvalue weighted by Crippen LogP contribution is -2.37. The van der Waals surface area contributed by atoms with E-state index in [9.17, 15) is 9.59 Å². The highest BCUT2D eigenvalue weighted by Crippen LogP contribution is 2.23. The van der Waals surface area contributed by atoms with Gasteiger partial charge in [-0.25, -0.2) is 0 Å². The summed E-state index contributed by atoms with van der Waals surface area (Å²) >= 11 is 1.41. The minimum atomic E-state index is -0.758. The highest BCUT2D eigenvalue weighted by Gasteiger charge is 2.22. The molecule has 1 rings (SSSR count). The van der Waals surface area contributed by atoms with Gasteiger partial charge in [-0.3, -0.25) is 9.59 Å². The van der Waals surface area contributed by atoms with E-state index in [0.29, 0.717) is 6.54 Å². The normalized spacial score (nSPS) is 13.4. The fraction of sp³-hybridized carbons (Fsp3) is 0.429. The molecule has 0 aliphatic carbocycles. The molecule has 1 N–H and O–H groups in total. The van der Waals surface area contributed by atoms with Gasteiger partial charge in [-0.05, 0) is 32.9 Å². The number of likely N-dealkylation sites (N-methyl/N-ethyl adjacent to an activating group) is 1. The highest BCUT2D eigenvalue weighted by atomic mass is 32.2. The Morgan fingerprint density at radius 2 is 1.89 bits per heavy atom. The van der Waals surface area contributed by atoms with Crippen LogP contribution in [0.3, 0.4) is 0 Å². The predicted octanol–water partition coefficient (Wildman–Crippen LogP) is 2.24. The Labute approximate surface area is 117 Å². The van der Waals surface area contributed by atoms with Gasteiger partial charge < -0.3 is 10.1 Å². The Morgan fingerprint density at radius 1 is 1.26 bits per heavy atom. The van der Waals surface area contributed by atoms with Crippen LogP contribution in [0.5, 0.6) is 0 Å². The molecule has 19 heavy (non-hydrogen) atoms. The maximum Gasteiger partial charge on any atom is 0.319 e. The molecule has 1 aromatic rings. The molecule has 104 valence electrons. The molecular weight excluding hydrogens is 262 g/mol. The van der Waals surface area contributed by atoms with E-state index in [0.717, 1.165) is 4.90 Å². The van der Waals surface area contributed by atoms with E-state index >= 15 is 0 Å². The van der Waals surface area contributed by atoms with Crippen LogP contribution in [-0.2, 0) is 14.3 Å². The van der Waals surface area contributed by atoms with Crippen molar-refractivity contribution in [3.8, 4) is 0 Å². The molecule has 0 aliphatic heterocycles. The standard InChI is InChI=1S/C14H19NO3S/c1-4-15-13(16)10(2)18-14(17)11(3)19-12-8-6-5-7-9-12/h5-11H,4H2,1-3H3,(H,15,16)/t10-,11-/m1/s1. The first-order chi connectivity index (χ1) is 9.04. The number of benzene rings is 1. The average Bonchev–Trinajstić information content (AvgIpc) is 2.40. The van der Waals surface area contributed by atoms with Gasteiger partial charge in [0, 0.05) is 11.4 Å². The molecule has 0 saturated carbocycles. The lowest BCUT2D eigenvalue weighted by Gasteiger charge is -2.16. The zero-order valence-corrected chi connectivity index (χ0v) is 12.2. The van der Waals surface area contributed by atoms with Crippen molar-refractivity contribution in [3.63, 3.8) is 0 Å². The van der Waals surface area contributed by atoms with Gasteiger partial charge in [0.15, 0.2) is 6.10 Å². The number of ether oxygens (including phenoxy) is 1. The summed E-state index contributed by atoms with van der Waals surface area (Å²) < 4.78 is 5.13. The number of carbonyl (C=O) groups excluding carboxylic acids is 2. The van der Waals surface area contributed by atoms with Crippen LogP contribution < -0.4 is 5.32 Å². The number of thioether (sulfide) groups is 1. The van der Waals surface area contributed by atoms with E-state index < -0.39 is 6.10 Å². The van der Waals surface area contributed by atoms with Gasteiger partial charge in [-0.15, -0.1) is 11.8 Å². The predicted molar refractivity (Wildman–Crippen MR) is 76.0 cm³/mol.